The molecule has 0 aliphatic rings. The van der Waals surface area contributed by atoms with Crippen molar-refractivity contribution in [2.24, 2.45) is 14.1 Å². The Hall–Kier alpha value is -4.04. The van der Waals surface area contributed by atoms with Gasteiger partial charge in [0.25, 0.3) is 0 Å². The van der Waals surface area contributed by atoms with Crippen LogP contribution in [0.25, 0.3) is 45.8 Å². The zero-order valence-electron chi connectivity index (χ0n) is 18.4. The molecule has 154 valence electrons. The Morgan fingerprint density at radius 2 is 0.750 bits per heavy atom. The van der Waals surface area contributed by atoms with E-state index in [0.29, 0.717) is 0 Å². The SMILES string of the molecule is C[n+]1ccc(/C=C/c2c3ccccc3c(/C=C/c3cc[n+](C)cc3)c3ccccc23)cc1. The van der Waals surface area contributed by atoms with Crippen molar-refractivity contribution in [2.75, 3.05) is 0 Å². The van der Waals surface area contributed by atoms with Crippen LogP contribution in [0.5, 0.6) is 0 Å². The summed E-state index contributed by atoms with van der Waals surface area (Å²) in [5.41, 5.74) is 4.90. The van der Waals surface area contributed by atoms with Gasteiger partial charge in [-0.3, -0.25) is 0 Å². The molecule has 2 nitrogen and oxygen atoms in total. The molecule has 32 heavy (non-hydrogen) atoms. The molecule has 0 amide bonds. The molecule has 0 fully saturated rings. The predicted octanol–water partition coefficient (Wildman–Crippen LogP) is 5.98. The second kappa shape index (κ2) is 8.60. The van der Waals surface area contributed by atoms with Gasteiger partial charge in [-0.25, -0.2) is 9.13 Å². The van der Waals surface area contributed by atoms with Crippen molar-refractivity contribution in [2.45, 2.75) is 0 Å². The van der Waals surface area contributed by atoms with Crippen molar-refractivity contribution in [1.82, 2.24) is 0 Å². The highest BCUT2D eigenvalue weighted by molar-refractivity contribution is 6.14. The maximum atomic E-state index is 2.25. The summed E-state index contributed by atoms with van der Waals surface area (Å²) in [6.07, 6.45) is 17.2. The quantitative estimate of drug-likeness (QED) is 0.252. The number of rotatable bonds is 4. The number of hydrogen-bond donors (Lipinski definition) is 0. The fourth-order valence-electron chi connectivity index (χ4n) is 4.16. The highest BCUT2D eigenvalue weighted by atomic mass is 14.9. The lowest BCUT2D eigenvalue weighted by Gasteiger charge is -2.13. The Morgan fingerprint density at radius 1 is 0.438 bits per heavy atom. The van der Waals surface area contributed by atoms with Gasteiger partial charge in [0.05, 0.1) is 0 Å². The molecule has 0 unspecified atom stereocenters. The van der Waals surface area contributed by atoms with Gasteiger partial charge in [-0.15, -0.1) is 0 Å². The van der Waals surface area contributed by atoms with E-state index in [9.17, 15) is 0 Å². The summed E-state index contributed by atoms with van der Waals surface area (Å²) >= 11 is 0. The molecule has 5 aromatic rings. The van der Waals surface area contributed by atoms with Crippen molar-refractivity contribution >= 4 is 45.8 Å². The first-order valence-corrected chi connectivity index (χ1v) is 10.9. The van der Waals surface area contributed by atoms with Gasteiger partial charge in [0.1, 0.15) is 14.1 Å². The average molecular weight is 415 g/mol. The smallest absolute Gasteiger partial charge is 0.169 e. The molecule has 2 heterocycles. The van der Waals surface area contributed by atoms with Gasteiger partial charge in [-0.1, -0.05) is 72.8 Å². The molecule has 0 aliphatic heterocycles. The molecule has 0 aliphatic carbocycles. The Bertz CT molecular complexity index is 1290. The normalized spacial score (nSPS) is 11.8. The van der Waals surface area contributed by atoms with Crippen molar-refractivity contribution in [1.29, 1.82) is 0 Å². The monoisotopic (exact) mass is 414 g/mol. The third-order valence-electron chi connectivity index (χ3n) is 5.91. The standard InChI is InChI=1S/C30H26N2/c1-31-19-15-23(16-20-31)11-13-29-25-7-3-5-9-27(25)30(28-10-6-4-8-26(28)29)14-12-24-17-21-32(2)22-18-24/h3-22H,1-2H3/q+2/b13-11+,14-12+. The first kappa shape index (κ1) is 19.9. The van der Waals surface area contributed by atoms with Crippen LogP contribution in [0, 0.1) is 0 Å². The highest BCUT2D eigenvalue weighted by Crippen LogP contribution is 2.35. The third-order valence-corrected chi connectivity index (χ3v) is 5.91. The molecule has 2 aromatic heterocycles. The molecule has 0 spiro atoms. The summed E-state index contributed by atoms with van der Waals surface area (Å²) in [7, 11) is 4.08. The summed E-state index contributed by atoms with van der Waals surface area (Å²) in [5.74, 6) is 0. The lowest BCUT2D eigenvalue weighted by atomic mass is 9.91. The van der Waals surface area contributed by atoms with E-state index in [2.05, 4.69) is 131 Å². The third kappa shape index (κ3) is 3.95. The maximum Gasteiger partial charge on any atom is 0.169 e. The minimum atomic E-state index is 1.19. The van der Waals surface area contributed by atoms with Crippen LogP contribution in [0.1, 0.15) is 22.3 Å². The van der Waals surface area contributed by atoms with Crippen molar-refractivity contribution in [3.63, 3.8) is 0 Å². The van der Waals surface area contributed by atoms with E-state index in [-0.39, 0.29) is 0 Å². The molecular weight excluding hydrogens is 388 g/mol. The highest BCUT2D eigenvalue weighted by Gasteiger charge is 2.10. The van der Waals surface area contributed by atoms with Gasteiger partial charge in [0, 0.05) is 24.3 Å². The largest absolute Gasteiger partial charge is 0.208 e. The molecule has 0 radical (unpaired) electrons. The number of benzene rings is 3. The van der Waals surface area contributed by atoms with Crippen LogP contribution in [0.4, 0.5) is 0 Å². The Labute approximate surface area is 189 Å². The number of aromatic nitrogens is 2. The number of hydrogen-bond acceptors (Lipinski definition) is 0. The van der Waals surface area contributed by atoms with Gasteiger partial charge in [0.15, 0.2) is 24.8 Å². The van der Waals surface area contributed by atoms with Crippen LogP contribution in [0.3, 0.4) is 0 Å². The predicted molar refractivity (Wildman–Crippen MR) is 135 cm³/mol. The minimum absolute atomic E-state index is 1.19. The second-order valence-corrected chi connectivity index (χ2v) is 8.18. The van der Waals surface area contributed by atoms with Crippen LogP contribution in [-0.2, 0) is 14.1 Å². The minimum Gasteiger partial charge on any atom is -0.208 e. The lowest BCUT2D eigenvalue weighted by Crippen LogP contribution is -2.25. The first-order valence-electron chi connectivity index (χ1n) is 10.9. The van der Waals surface area contributed by atoms with Crippen LogP contribution in [0.15, 0.2) is 97.6 Å². The molecule has 0 N–H and O–H groups in total. The van der Waals surface area contributed by atoms with Gasteiger partial charge >= 0.3 is 0 Å². The topological polar surface area (TPSA) is 7.76 Å². The number of fused-ring (bicyclic) bond motifs is 2. The van der Waals surface area contributed by atoms with Gasteiger partial charge in [-0.2, -0.15) is 0 Å². The number of aryl methyl sites for hydroxylation is 2. The zero-order valence-corrected chi connectivity index (χ0v) is 18.4. The zero-order chi connectivity index (χ0) is 21.9. The number of pyridine rings is 2. The van der Waals surface area contributed by atoms with Crippen molar-refractivity contribution in [3.05, 3.63) is 120 Å². The Balaban J connectivity index is 1.70. The fraction of sp³-hybridized carbons (Fsp3) is 0.0667. The van der Waals surface area contributed by atoms with Gasteiger partial charge < -0.3 is 0 Å². The van der Waals surface area contributed by atoms with Crippen LogP contribution < -0.4 is 9.13 Å². The van der Waals surface area contributed by atoms with Crippen molar-refractivity contribution < 1.29 is 9.13 Å². The molecule has 3 aromatic carbocycles. The van der Waals surface area contributed by atoms with Crippen LogP contribution in [0.2, 0.25) is 0 Å². The van der Waals surface area contributed by atoms with E-state index in [1.807, 2.05) is 14.1 Å². The molecular formula is C30H26N2+2. The van der Waals surface area contributed by atoms with Crippen molar-refractivity contribution in [3.8, 4) is 0 Å². The molecule has 0 atom stereocenters. The molecule has 0 saturated heterocycles. The number of nitrogens with zero attached hydrogens (tertiary/aromatic N) is 2. The lowest BCUT2D eigenvalue weighted by molar-refractivity contribution is -0.671. The van der Waals surface area contributed by atoms with Gasteiger partial charge in [0.2, 0.25) is 0 Å². The molecule has 0 bridgehead atoms. The molecule has 5 rings (SSSR count). The fourth-order valence-corrected chi connectivity index (χ4v) is 4.16. The summed E-state index contributed by atoms with van der Waals surface area (Å²) in [6, 6.07) is 26.0. The first-order chi connectivity index (χ1) is 15.7. The molecule has 0 saturated carbocycles. The summed E-state index contributed by atoms with van der Waals surface area (Å²) in [4.78, 5) is 0. The van der Waals surface area contributed by atoms with Gasteiger partial charge in [-0.05, 0) is 43.8 Å². The van der Waals surface area contributed by atoms with Crippen LogP contribution in [-0.4, -0.2) is 0 Å². The second-order valence-electron chi connectivity index (χ2n) is 8.18. The van der Waals surface area contributed by atoms with Crippen LogP contribution >= 0.6 is 0 Å². The van der Waals surface area contributed by atoms with E-state index >= 15 is 0 Å². The summed E-state index contributed by atoms with van der Waals surface area (Å²) in [6.45, 7) is 0. The van der Waals surface area contributed by atoms with E-state index in [1.54, 1.807) is 0 Å². The summed E-state index contributed by atoms with van der Waals surface area (Å²) < 4.78 is 4.10. The Kier molecular flexibility index (Phi) is 5.35. The average Bonchev–Trinajstić information content (AvgIpc) is 2.83. The van der Waals surface area contributed by atoms with E-state index in [0.717, 1.165) is 0 Å². The van der Waals surface area contributed by atoms with E-state index in [4.69, 9.17) is 0 Å². The van der Waals surface area contributed by atoms with E-state index < -0.39 is 0 Å². The maximum absolute atomic E-state index is 2.25. The van der Waals surface area contributed by atoms with E-state index in [1.165, 1.54) is 43.8 Å². The summed E-state index contributed by atoms with van der Waals surface area (Å²) in [5, 5.41) is 5.07. The molecule has 2 heteroatoms. The Morgan fingerprint density at radius 3 is 1.06 bits per heavy atom.